The largest absolute Gasteiger partial charge is 0.370 e. The van der Waals surface area contributed by atoms with Gasteiger partial charge in [0, 0.05) is 12.6 Å². The lowest BCUT2D eigenvalue weighted by molar-refractivity contribution is -0.0812. The summed E-state index contributed by atoms with van der Waals surface area (Å²) >= 11 is 0. The molecule has 2 heteroatoms. The highest BCUT2D eigenvalue weighted by atomic mass is 16.5. The van der Waals surface area contributed by atoms with Crippen molar-refractivity contribution in [2.75, 3.05) is 13.2 Å². The van der Waals surface area contributed by atoms with Crippen molar-refractivity contribution in [1.29, 1.82) is 0 Å². The molecule has 0 bridgehead atoms. The lowest BCUT2D eigenvalue weighted by atomic mass is 9.85. The van der Waals surface area contributed by atoms with Crippen LogP contribution in [0, 0.1) is 6.92 Å². The molecule has 0 saturated carbocycles. The van der Waals surface area contributed by atoms with E-state index in [1.54, 1.807) is 0 Å². The van der Waals surface area contributed by atoms with Crippen LogP contribution < -0.4 is 5.32 Å². The second kappa shape index (κ2) is 5.85. The number of benzene rings is 1. The van der Waals surface area contributed by atoms with Crippen LogP contribution in [-0.4, -0.2) is 19.2 Å². The monoisotopic (exact) mass is 247 g/mol. The molecular weight excluding hydrogens is 222 g/mol. The number of rotatable bonds is 4. The molecule has 2 unspecified atom stereocenters. The van der Waals surface area contributed by atoms with E-state index in [0.717, 1.165) is 26.0 Å². The summed E-state index contributed by atoms with van der Waals surface area (Å²) in [5.74, 6) is 0. The van der Waals surface area contributed by atoms with Gasteiger partial charge in [-0.25, -0.2) is 0 Å². The van der Waals surface area contributed by atoms with Gasteiger partial charge in [-0.1, -0.05) is 36.8 Å². The second-order valence-electron chi connectivity index (χ2n) is 5.59. The van der Waals surface area contributed by atoms with Gasteiger partial charge < -0.3 is 10.1 Å². The summed E-state index contributed by atoms with van der Waals surface area (Å²) < 4.78 is 6.06. The quantitative estimate of drug-likeness (QED) is 0.880. The zero-order chi connectivity index (χ0) is 13.0. The number of hydrogen-bond donors (Lipinski definition) is 1. The minimum atomic E-state index is -0.128. The summed E-state index contributed by atoms with van der Waals surface area (Å²) in [5.41, 5.74) is 2.48. The molecule has 0 amide bonds. The second-order valence-corrected chi connectivity index (χ2v) is 5.59. The van der Waals surface area contributed by atoms with Crippen LogP contribution in [0.1, 0.15) is 44.2 Å². The van der Waals surface area contributed by atoms with Gasteiger partial charge in [-0.3, -0.25) is 0 Å². The Morgan fingerprint density at radius 1 is 1.33 bits per heavy atom. The molecule has 0 aliphatic carbocycles. The Morgan fingerprint density at radius 3 is 2.72 bits per heavy atom. The van der Waals surface area contributed by atoms with Gasteiger partial charge in [0.05, 0.1) is 5.60 Å². The predicted molar refractivity (Wildman–Crippen MR) is 75.8 cm³/mol. The highest BCUT2D eigenvalue weighted by Crippen LogP contribution is 2.34. The summed E-state index contributed by atoms with van der Waals surface area (Å²) in [6.45, 7) is 8.52. The summed E-state index contributed by atoms with van der Waals surface area (Å²) in [5, 5.41) is 3.63. The molecule has 2 atom stereocenters. The Balaban J connectivity index is 2.07. The first-order chi connectivity index (χ1) is 8.64. The summed E-state index contributed by atoms with van der Waals surface area (Å²) in [7, 11) is 0. The van der Waals surface area contributed by atoms with E-state index in [2.05, 4.69) is 50.4 Å². The molecule has 2 rings (SSSR count). The summed E-state index contributed by atoms with van der Waals surface area (Å²) in [6, 6.07) is 9.35. The molecule has 1 saturated heterocycles. The standard InChI is InChI=1S/C16H25NO/c1-4-10-17-15-9-11-18-16(3,12-15)14-7-5-13(2)6-8-14/h5-8,15,17H,4,9-12H2,1-3H3. The number of nitrogens with one attached hydrogen (secondary N) is 1. The highest BCUT2D eigenvalue weighted by Gasteiger charge is 2.34. The van der Waals surface area contributed by atoms with Crippen molar-refractivity contribution in [2.45, 2.75) is 51.7 Å². The Kier molecular flexibility index (Phi) is 4.41. The van der Waals surface area contributed by atoms with Crippen LogP contribution in [0.15, 0.2) is 24.3 Å². The fourth-order valence-electron chi connectivity index (χ4n) is 2.69. The lowest BCUT2D eigenvalue weighted by Gasteiger charge is -2.39. The Bertz CT molecular complexity index is 373. The molecule has 100 valence electrons. The van der Waals surface area contributed by atoms with Crippen LogP contribution in [0.2, 0.25) is 0 Å². The molecule has 1 aliphatic rings. The van der Waals surface area contributed by atoms with Crippen LogP contribution in [0.3, 0.4) is 0 Å². The molecule has 2 nitrogen and oxygen atoms in total. The maximum absolute atomic E-state index is 6.06. The van der Waals surface area contributed by atoms with Crippen molar-refractivity contribution in [2.24, 2.45) is 0 Å². The molecule has 1 N–H and O–H groups in total. The topological polar surface area (TPSA) is 21.3 Å². The Hall–Kier alpha value is -0.860. The van der Waals surface area contributed by atoms with Crippen molar-refractivity contribution in [3.63, 3.8) is 0 Å². The zero-order valence-corrected chi connectivity index (χ0v) is 11.8. The van der Waals surface area contributed by atoms with E-state index >= 15 is 0 Å². The van der Waals surface area contributed by atoms with E-state index in [0.29, 0.717) is 6.04 Å². The van der Waals surface area contributed by atoms with E-state index in [1.165, 1.54) is 17.5 Å². The van der Waals surface area contributed by atoms with E-state index in [-0.39, 0.29) is 5.60 Å². The number of ether oxygens (including phenoxy) is 1. The highest BCUT2D eigenvalue weighted by molar-refractivity contribution is 5.26. The van der Waals surface area contributed by atoms with Crippen LogP contribution in [0.5, 0.6) is 0 Å². The van der Waals surface area contributed by atoms with Crippen molar-refractivity contribution in [3.8, 4) is 0 Å². The number of hydrogen-bond acceptors (Lipinski definition) is 2. The van der Waals surface area contributed by atoms with Crippen LogP contribution in [0.25, 0.3) is 0 Å². The molecule has 1 aliphatic heterocycles. The first kappa shape index (κ1) is 13.6. The predicted octanol–water partition coefficient (Wildman–Crippen LogP) is 3.39. The molecular formula is C16H25NO. The van der Waals surface area contributed by atoms with Crippen molar-refractivity contribution >= 4 is 0 Å². The first-order valence-electron chi connectivity index (χ1n) is 7.08. The van der Waals surface area contributed by atoms with Crippen LogP contribution in [-0.2, 0) is 10.3 Å². The molecule has 1 heterocycles. The molecule has 1 aromatic carbocycles. The zero-order valence-electron chi connectivity index (χ0n) is 11.8. The van der Waals surface area contributed by atoms with Gasteiger partial charge in [-0.2, -0.15) is 0 Å². The van der Waals surface area contributed by atoms with Gasteiger partial charge in [0.2, 0.25) is 0 Å². The van der Waals surface area contributed by atoms with Gasteiger partial charge in [0.25, 0.3) is 0 Å². The van der Waals surface area contributed by atoms with E-state index in [9.17, 15) is 0 Å². The van der Waals surface area contributed by atoms with Gasteiger partial charge in [-0.15, -0.1) is 0 Å². The van der Waals surface area contributed by atoms with Gasteiger partial charge >= 0.3 is 0 Å². The normalized spacial score (nSPS) is 28.3. The third-order valence-corrected chi connectivity index (χ3v) is 3.87. The summed E-state index contributed by atoms with van der Waals surface area (Å²) in [4.78, 5) is 0. The maximum Gasteiger partial charge on any atom is 0.0918 e. The van der Waals surface area contributed by atoms with Gasteiger partial charge in [-0.05, 0) is 45.2 Å². The first-order valence-corrected chi connectivity index (χ1v) is 7.08. The minimum Gasteiger partial charge on any atom is -0.370 e. The fraction of sp³-hybridized carbons (Fsp3) is 0.625. The Morgan fingerprint density at radius 2 is 2.06 bits per heavy atom. The van der Waals surface area contributed by atoms with E-state index in [1.807, 2.05) is 0 Å². The average Bonchev–Trinajstić information content (AvgIpc) is 2.37. The van der Waals surface area contributed by atoms with Crippen molar-refractivity contribution in [3.05, 3.63) is 35.4 Å². The molecule has 1 fully saturated rings. The third kappa shape index (κ3) is 3.12. The van der Waals surface area contributed by atoms with Crippen LogP contribution >= 0.6 is 0 Å². The lowest BCUT2D eigenvalue weighted by Crippen LogP contribution is -2.44. The summed E-state index contributed by atoms with van der Waals surface area (Å²) in [6.07, 6.45) is 3.39. The van der Waals surface area contributed by atoms with Crippen molar-refractivity contribution in [1.82, 2.24) is 5.32 Å². The molecule has 18 heavy (non-hydrogen) atoms. The van der Waals surface area contributed by atoms with E-state index < -0.39 is 0 Å². The number of aryl methyl sites for hydroxylation is 1. The van der Waals surface area contributed by atoms with Crippen molar-refractivity contribution < 1.29 is 4.74 Å². The molecule has 0 aromatic heterocycles. The van der Waals surface area contributed by atoms with Gasteiger partial charge in [0.15, 0.2) is 0 Å². The SMILES string of the molecule is CCCNC1CCOC(C)(c2ccc(C)cc2)C1. The third-order valence-electron chi connectivity index (χ3n) is 3.87. The minimum absolute atomic E-state index is 0.128. The van der Waals surface area contributed by atoms with Crippen LogP contribution in [0.4, 0.5) is 0 Å². The molecule has 0 radical (unpaired) electrons. The molecule has 1 aromatic rings. The van der Waals surface area contributed by atoms with Gasteiger partial charge in [0.1, 0.15) is 0 Å². The molecule has 0 spiro atoms. The average molecular weight is 247 g/mol. The smallest absolute Gasteiger partial charge is 0.0918 e. The maximum atomic E-state index is 6.06. The van der Waals surface area contributed by atoms with E-state index in [4.69, 9.17) is 4.74 Å². The Labute approximate surface area is 111 Å². The fourth-order valence-corrected chi connectivity index (χ4v) is 2.69.